The molecule has 180 valence electrons. The molecule has 4 rings (SSSR count). The molecule has 0 saturated carbocycles. The Morgan fingerprint density at radius 3 is 2.82 bits per heavy atom. The van der Waals surface area contributed by atoms with Crippen LogP contribution in [0.1, 0.15) is 31.7 Å². The third-order valence-corrected chi connectivity index (χ3v) is 8.03. The molecule has 2 N–H and O–H groups in total. The molecule has 10 heteroatoms. The number of halogens is 2. The van der Waals surface area contributed by atoms with E-state index in [2.05, 4.69) is 21.2 Å². The lowest BCUT2D eigenvalue weighted by molar-refractivity contribution is -0.154. The number of alkyl halides is 1. The predicted molar refractivity (Wildman–Crippen MR) is 125 cm³/mol. The summed E-state index contributed by atoms with van der Waals surface area (Å²) in [5.74, 6) is -2.76. The van der Waals surface area contributed by atoms with Crippen LogP contribution >= 0.6 is 27.5 Å². The number of para-hydroxylation sites is 1. The normalized spacial score (nSPS) is 32.2. The van der Waals surface area contributed by atoms with Gasteiger partial charge in [-0.3, -0.25) is 14.4 Å². The van der Waals surface area contributed by atoms with Crippen molar-refractivity contribution < 1.29 is 29.0 Å². The van der Waals surface area contributed by atoms with Crippen LogP contribution in [0.5, 0.6) is 0 Å². The third kappa shape index (κ3) is 3.96. The van der Waals surface area contributed by atoms with Gasteiger partial charge in [0.25, 0.3) is 0 Å². The monoisotopic (exact) mass is 542 g/mol. The summed E-state index contributed by atoms with van der Waals surface area (Å²) in [6, 6.07) is 4.38. The standard InChI is InChI=1S/C23H28BrClN2O6/c1-3-32-22(31)15-16-21(30)27(9-4-5-10-28)19(23(16)11-13(24)18(15)33-23)20(29)26-17-12(2)7-6-8-14(17)25/h6-8,13,15-16,18-19,28H,3-5,9-11H2,1-2H3,(H,26,29)/t13?,15-,16-,18-,19?,23?/m0/s1. The van der Waals surface area contributed by atoms with Crippen molar-refractivity contribution in [3.63, 3.8) is 0 Å². The number of nitrogens with one attached hydrogen (secondary N) is 1. The quantitative estimate of drug-likeness (QED) is 0.297. The van der Waals surface area contributed by atoms with Crippen LogP contribution in [-0.2, 0) is 23.9 Å². The average molecular weight is 544 g/mol. The number of carbonyl (C=O) groups is 3. The van der Waals surface area contributed by atoms with E-state index < -0.39 is 41.5 Å². The molecule has 0 aliphatic carbocycles. The molecule has 1 aromatic carbocycles. The molecule has 0 radical (unpaired) electrons. The second-order valence-electron chi connectivity index (χ2n) is 8.80. The Hall–Kier alpha value is -1.68. The summed E-state index contributed by atoms with van der Waals surface area (Å²) >= 11 is 9.94. The van der Waals surface area contributed by atoms with Crippen LogP contribution in [0, 0.1) is 18.8 Å². The fourth-order valence-corrected chi connectivity index (χ4v) is 6.77. The van der Waals surface area contributed by atoms with Gasteiger partial charge >= 0.3 is 5.97 Å². The van der Waals surface area contributed by atoms with E-state index in [0.29, 0.717) is 30.0 Å². The molecule has 6 atom stereocenters. The first-order valence-corrected chi connectivity index (χ1v) is 12.5. The Bertz CT molecular complexity index is 941. The molecule has 2 bridgehead atoms. The zero-order valence-electron chi connectivity index (χ0n) is 18.6. The Balaban J connectivity index is 1.72. The topological polar surface area (TPSA) is 105 Å². The number of benzene rings is 1. The van der Waals surface area contributed by atoms with E-state index in [0.717, 1.165) is 5.56 Å². The number of amides is 2. The summed E-state index contributed by atoms with van der Waals surface area (Å²) in [7, 11) is 0. The second-order valence-corrected chi connectivity index (χ2v) is 10.4. The van der Waals surface area contributed by atoms with Gasteiger partial charge in [-0.25, -0.2) is 0 Å². The second kappa shape index (κ2) is 9.52. The molecule has 3 unspecified atom stereocenters. The highest BCUT2D eigenvalue weighted by molar-refractivity contribution is 9.09. The molecule has 33 heavy (non-hydrogen) atoms. The molecule has 3 saturated heterocycles. The van der Waals surface area contributed by atoms with Gasteiger partial charge in [-0.1, -0.05) is 39.7 Å². The minimum atomic E-state index is -1.15. The number of nitrogens with zero attached hydrogens (tertiary/aromatic N) is 1. The van der Waals surface area contributed by atoms with Gasteiger partial charge in [0.15, 0.2) is 0 Å². The number of carbonyl (C=O) groups excluding carboxylic acids is 3. The summed E-state index contributed by atoms with van der Waals surface area (Å²) in [5.41, 5.74) is 0.128. The van der Waals surface area contributed by atoms with Gasteiger partial charge in [0.2, 0.25) is 11.8 Å². The summed E-state index contributed by atoms with van der Waals surface area (Å²) in [5, 5.41) is 12.5. The van der Waals surface area contributed by atoms with E-state index in [9.17, 15) is 19.5 Å². The first-order valence-electron chi connectivity index (χ1n) is 11.2. The molecule has 3 aliphatic heterocycles. The number of hydrogen-bond donors (Lipinski definition) is 2. The largest absolute Gasteiger partial charge is 0.466 e. The van der Waals surface area contributed by atoms with Crippen LogP contribution in [-0.4, -0.2) is 70.1 Å². The van der Waals surface area contributed by atoms with Gasteiger partial charge in [-0.05, 0) is 44.7 Å². The average Bonchev–Trinajstić information content (AvgIpc) is 3.35. The van der Waals surface area contributed by atoms with Crippen molar-refractivity contribution >= 4 is 51.0 Å². The van der Waals surface area contributed by atoms with Crippen LogP contribution in [0.2, 0.25) is 5.02 Å². The van der Waals surface area contributed by atoms with Crippen molar-refractivity contribution in [2.75, 3.05) is 25.1 Å². The molecule has 3 aliphatic rings. The number of anilines is 1. The Kier molecular flexibility index (Phi) is 7.05. The highest BCUT2D eigenvalue weighted by Crippen LogP contribution is 2.60. The Morgan fingerprint density at radius 1 is 1.39 bits per heavy atom. The molecular formula is C23H28BrClN2O6. The molecule has 0 aromatic heterocycles. The van der Waals surface area contributed by atoms with E-state index in [1.54, 1.807) is 19.1 Å². The van der Waals surface area contributed by atoms with E-state index >= 15 is 0 Å². The van der Waals surface area contributed by atoms with Crippen molar-refractivity contribution in [3.05, 3.63) is 28.8 Å². The van der Waals surface area contributed by atoms with Gasteiger partial charge in [-0.2, -0.15) is 0 Å². The van der Waals surface area contributed by atoms with Crippen LogP contribution in [0.4, 0.5) is 5.69 Å². The SMILES string of the molecule is CCOC(=O)[C@H]1[C@H]2C(=O)N(CCCCO)C(C(=O)Nc3c(C)cccc3Cl)C23CC(Br)[C@@H]1O3. The van der Waals surface area contributed by atoms with E-state index in [4.69, 9.17) is 21.1 Å². The number of aryl methyl sites for hydroxylation is 1. The number of unbranched alkanes of at least 4 members (excludes halogenated alkanes) is 1. The molecule has 8 nitrogen and oxygen atoms in total. The van der Waals surface area contributed by atoms with Gasteiger partial charge < -0.3 is 24.8 Å². The van der Waals surface area contributed by atoms with Crippen molar-refractivity contribution in [3.8, 4) is 0 Å². The summed E-state index contributed by atoms with van der Waals surface area (Å²) < 4.78 is 11.6. The summed E-state index contributed by atoms with van der Waals surface area (Å²) in [6.45, 7) is 4.00. The van der Waals surface area contributed by atoms with Crippen LogP contribution < -0.4 is 5.32 Å². The summed E-state index contributed by atoms with van der Waals surface area (Å²) in [6.07, 6.45) is 0.881. The van der Waals surface area contributed by atoms with Crippen molar-refractivity contribution in [2.45, 2.75) is 55.7 Å². The maximum atomic E-state index is 13.7. The number of fused-ring (bicyclic) bond motifs is 1. The smallest absolute Gasteiger partial charge is 0.312 e. The molecule has 3 heterocycles. The number of aliphatic hydroxyl groups is 1. The van der Waals surface area contributed by atoms with Crippen molar-refractivity contribution in [1.82, 2.24) is 4.90 Å². The number of esters is 1. The highest BCUT2D eigenvalue weighted by Gasteiger charge is 2.76. The van der Waals surface area contributed by atoms with Crippen molar-refractivity contribution in [2.24, 2.45) is 11.8 Å². The number of rotatable bonds is 8. The van der Waals surface area contributed by atoms with E-state index in [1.165, 1.54) is 4.90 Å². The van der Waals surface area contributed by atoms with Gasteiger partial charge in [0.1, 0.15) is 11.6 Å². The van der Waals surface area contributed by atoms with E-state index in [-0.39, 0.29) is 30.5 Å². The highest BCUT2D eigenvalue weighted by atomic mass is 79.9. The van der Waals surface area contributed by atoms with Gasteiger partial charge in [0.05, 0.1) is 35.3 Å². The lowest BCUT2D eigenvalue weighted by Crippen LogP contribution is -2.54. The first-order chi connectivity index (χ1) is 15.8. The third-order valence-electron chi connectivity index (χ3n) is 6.87. The first kappa shape index (κ1) is 24.4. The molecular weight excluding hydrogens is 516 g/mol. The van der Waals surface area contributed by atoms with Gasteiger partial charge in [0, 0.05) is 18.0 Å². The molecule has 3 fully saturated rings. The van der Waals surface area contributed by atoms with Crippen LogP contribution in [0.25, 0.3) is 0 Å². The molecule has 2 amide bonds. The van der Waals surface area contributed by atoms with Crippen LogP contribution in [0.15, 0.2) is 18.2 Å². The lowest BCUT2D eigenvalue weighted by Gasteiger charge is -2.34. The van der Waals surface area contributed by atoms with Crippen molar-refractivity contribution in [1.29, 1.82) is 0 Å². The number of likely N-dealkylation sites (tertiary alicyclic amines) is 1. The number of ether oxygens (including phenoxy) is 2. The maximum absolute atomic E-state index is 13.7. The fourth-order valence-electron chi connectivity index (χ4n) is 5.55. The zero-order valence-corrected chi connectivity index (χ0v) is 20.9. The minimum absolute atomic E-state index is 0.0141. The fraction of sp³-hybridized carbons (Fsp3) is 0.609. The number of aliphatic hydroxyl groups excluding tert-OH is 1. The maximum Gasteiger partial charge on any atom is 0.312 e. The Morgan fingerprint density at radius 2 is 2.15 bits per heavy atom. The minimum Gasteiger partial charge on any atom is -0.466 e. The molecule has 1 aromatic rings. The van der Waals surface area contributed by atoms with E-state index in [1.807, 2.05) is 13.0 Å². The number of hydrogen-bond acceptors (Lipinski definition) is 6. The van der Waals surface area contributed by atoms with Gasteiger partial charge in [-0.15, -0.1) is 0 Å². The van der Waals surface area contributed by atoms with Crippen LogP contribution in [0.3, 0.4) is 0 Å². The zero-order chi connectivity index (χ0) is 23.9. The predicted octanol–water partition coefficient (Wildman–Crippen LogP) is 2.67. The summed E-state index contributed by atoms with van der Waals surface area (Å²) in [4.78, 5) is 41.5. The lowest BCUT2D eigenvalue weighted by atomic mass is 9.70. The molecule has 1 spiro atoms. The Labute approximate surface area is 206 Å².